The third-order valence-corrected chi connectivity index (χ3v) is 3.20. The summed E-state index contributed by atoms with van der Waals surface area (Å²) in [6, 6.07) is 9.18. The van der Waals surface area contributed by atoms with Crippen LogP contribution in [0.15, 0.2) is 41.3 Å². The lowest BCUT2D eigenvalue weighted by Gasteiger charge is -2.06. The number of H-pyrrole nitrogens is 1. The van der Waals surface area contributed by atoms with Crippen molar-refractivity contribution < 1.29 is 0 Å². The van der Waals surface area contributed by atoms with E-state index in [0.29, 0.717) is 16.5 Å². The third kappa shape index (κ3) is 1.88. The molecule has 1 aromatic carbocycles. The Hall–Kier alpha value is -2.27. The van der Waals surface area contributed by atoms with Gasteiger partial charge in [-0.25, -0.2) is 9.78 Å². The van der Waals surface area contributed by atoms with E-state index < -0.39 is 0 Å². The maximum atomic E-state index is 12.0. The zero-order chi connectivity index (χ0) is 13.4. The Morgan fingerprint density at radius 1 is 1.37 bits per heavy atom. The second-order valence-corrected chi connectivity index (χ2v) is 4.46. The van der Waals surface area contributed by atoms with Crippen molar-refractivity contribution in [2.45, 2.75) is 0 Å². The summed E-state index contributed by atoms with van der Waals surface area (Å²) in [5.41, 5.74) is 1.99. The van der Waals surface area contributed by atoms with Crippen molar-refractivity contribution in [1.82, 2.24) is 14.5 Å². The SMILES string of the molecule is CNc1ncc(-n2c(=O)[nH]c3ccccc32)cc1Cl. The molecule has 0 amide bonds. The number of para-hydroxylation sites is 2. The Kier molecular flexibility index (Phi) is 2.76. The summed E-state index contributed by atoms with van der Waals surface area (Å²) in [6.45, 7) is 0. The van der Waals surface area contributed by atoms with E-state index in [4.69, 9.17) is 11.6 Å². The zero-order valence-electron chi connectivity index (χ0n) is 10.1. The van der Waals surface area contributed by atoms with Gasteiger partial charge in [-0.2, -0.15) is 0 Å². The number of hydrogen-bond acceptors (Lipinski definition) is 3. The van der Waals surface area contributed by atoms with Crippen LogP contribution in [0.5, 0.6) is 0 Å². The van der Waals surface area contributed by atoms with Gasteiger partial charge in [0.15, 0.2) is 0 Å². The van der Waals surface area contributed by atoms with Gasteiger partial charge in [0.25, 0.3) is 0 Å². The van der Waals surface area contributed by atoms with Crippen LogP contribution in [0.25, 0.3) is 16.7 Å². The molecule has 0 aliphatic carbocycles. The lowest BCUT2D eigenvalue weighted by atomic mass is 10.3. The minimum atomic E-state index is -0.212. The molecule has 0 aliphatic rings. The number of hydrogen-bond donors (Lipinski definition) is 2. The summed E-state index contributed by atoms with van der Waals surface area (Å²) in [5, 5.41) is 3.35. The molecule has 5 nitrogen and oxygen atoms in total. The van der Waals surface area contributed by atoms with Gasteiger partial charge < -0.3 is 10.3 Å². The molecule has 0 aliphatic heterocycles. The van der Waals surface area contributed by atoms with Crippen molar-refractivity contribution in [3.8, 4) is 5.69 Å². The maximum Gasteiger partial charge on any atom is 0.331 e. The van der Waals surface area contributed by atoms with E-state index in [2.05, 4.69) is 15.3 Å². The molecule has 0 atom stereocenters. The second kappa shape index (κ2) is 4.44. The standard InChI is InChI=1S/C13H11ClN4O/c1-15-12-9(14)6-8(7-16-12)18-11-5-3-2-4-10(11)17-13(18)19/h2-7H,1H3,(H,15,16)(H,17,19). The number of nitrogens with one attached hydrogen (secondary N) is 2. The fourth-order valence-electron chi connectivity index (χ4n) is 2.05. The summed E-state index contributed by atoms with van der Waals surface area (Å²) in [5.74, 6) is 0.582. The molecule has 2 heterocycles. The minimum Gasteiger partial charge on any atom is -0.372 e. The molecule has 2 N–H and O–H groups in total. The van der Waals surface area contributed by atoms with Gasteiger partial charge in [0, 0.05) is 7.05 Å². The normalized spacial score (nSPS) is 10.8. The summed E-state index contributed by atoms with van der Waals surface area (Å²) < 4.78 is 1.55. The van der Waals surface area contributed by atoms with Crippen LogP contribution in [-0.2, 0) is 0 Å². The van der Waals surface area contributed by atoms with Crippen LogP contribution < -0.4 is 11.0 Å². The predicted octanol–water partition coefficient (Wildman–Crippen LogP) is 2.41. The Morgan fingerprint density at radius 2 is 2.16 bits per heavy atom. The Labute approximate surface area is 113 Å². The maximum absolute atomic E-state index is 12.0. The fraction of sp³-hybridized carbons (Fsp3) is 0.0769. The lowest BCUT2D eigenvalue weighted by molar-refractivity contribution is 1.00. The molecular weight excluding hydrogens is 264 g/mol. The van der Waals surface area contributed by atoms with Gasteiger partial charge in [0.05, 0.1) is 27.9 Å². The highest BCUT2D eigenvalue weighted by Crippen LogP contribution is 2.22. The van der Waals surface area contributed by atoms with Gasteiger partial charge in [-0.05, 0) is 18.2 Å². The molecule has 0 radical (unpaired) electrons. The topological polar surface area (TPSA) is 62.7 Å². The van der Waals surface area contributed by atoms with E-state index >= 15 is 0 Å². The second-order valence-electron chi connectivity index (χ2n) is 4.06. The first kappa shape index (κ1) is 11.8. The average molecular weight is 275 g/mol. The summed E-state index contributed by atoms with van der Waals surface area (Å²) in [7, 11) is 1.74. The number of nitrogens with zero attached hydrogens (tertiary/aromatic N) is 2. The Bertz CT molecular complexity index is 806. The molecule has 0 fully saturated rings. The molecule has 96 valence electrons. The van der Waals surface area contributed by atoms with Gasteiger partial charge in [-0.3, -0.25) is 4.57 Å². The number of fused-ring (bicyclic) bond motifs is 1. The molecule has 3 aromatic rings. The van der Waals surface area contributed by atoms with Crippen LogP contribution in [0.4, 0.5) is 5.82 Å². The van der Waals surface area contributed by atoms with Crippen molar-refractivity contribution in [1.29, 1.82) is 0 Å². The molecule has 0 spiro atoms. The highest BCUT2D eigenvalue weighted by molar-refractivity contribution is 6.33. The first-order chi connectivity index (χ1) is 9.20. The van der Waals surface area contributed by atoms with Crippen LogP contribution in [0, 0.1) is 0 Å². The van der Waals surface area contributed by atoms with Crippen molar-refractivity contribution >= 4 is 28.5 Å². The monoisotopic (exact) mass is 274 g/mol. The zero-order valence-corrected chi connectivity index (χ0v) is 10.9. The van der Waals surface area contributed by atoms with Crippen LogP contribution in [0.2, 0.25) is 5.02 Å². The molecule has 6 heteroatoms. The van der Waals surface area contributed by atoms with E-state index in [9.17, 15) is 4.79 Å². The number of aromatic amines is 1. The number of halogens is 1. The number of anilines is 1. The highest BCUT2D eigenvalue weighted by atomic mass is 35.5. The lowest BCUT2D eigenvalue weighted by Crippen LogP contribution is -2.15. The number of aromatic nitrogens is 3. The van der Waals surface area contributed by atoms with Gasteiger partial charge >= 0.3 is 5.69 Å². The molecule has 0 unspecified atom stereocenters. The average Bonchev–Trinajstić information content (AvgIpc) is 2.74. The first-order valence-corrected chi connectivity index (χ1v) is 6.12. The van der Waals surface area contributed by atoms with Crippen molar-refractivity contribution in [3.63, 3.8) is 0 Å². The van der Waals surface area contributed by atoms with Crippen LogP contribution in [0.3, 0.4) is 0 Å². The fourth-order valence-corrected chi connectivity index (χ4v) is 2.30. The molecule has 0 bridgehead atoms. The van der Waals surface area contributed by atoms with Crippen LogP contribution in [0.1, 0.15) is 0 Å². The largest absolute Gasteiger partial charge is 0.372 e. The molecule has 0 saturated carbocycles. The predicted molar refractivity (Wildman–Crippen MR) is 76.2 cm³/mol. The van der Waals surface area contributed by atoms with E-state index in [1.807, 2.05) is 24.3 Å². The molecule has 0 saturated heterocycles. The third-order valence-electron chi connectivity index (χ3n) is 2.91. The van der Waals surface area contributed by atoms with Gasteiger partial charge in [0.2, 0.25) is 0 Å². The van der Waals surface area contributed by atoms with Crippen molar-refractivity contribution in [3.05, 3.63) is 52.0 Å². The van der Waals surface area contributed by atoms with E-state index in [-0.39, 0.29) is 5.69 Å². The van der Waals surface area contributed by atoms with E-state index in [1.54, 1.807) is 23.9 Å². The Balaban J connectivity index is 2.27. The summed E-state index contributed by atoms with van der Waals surface area (Å²) in [6.07, 6.45) is 1.61. The number of pyridine rings is 1. The molecule has 2 aromatic heterocycles. The van der Waals surface area contributed by atoms with Gasteiger partial charge in [0.1, 0.15) is 5.82 Å². The van der Waals surface area contributed by atoms with Gasteiger partial charge in [-0.1, -0.05) is 23.7 Å². The highest BCUT2D eigenvalue weighted by Gasteiger charge is 2.10. The molecule has 19 heavy (non-hydrogen) atoms. The van der Waals surface area contributed by atoms with Gasteiger partial charge in [-0.15, -0.1) is 0 Å². The van der Waals surface area contributed by atoms with E-state index in [1.165, 1.54) is 0 Å². The molecular formula is C13H11ClN4O. The summed E-state index contributed by atoms with van der Waals surface area (Å²) in [4.78, 5) is 19.0. The van der Waals surface area contributed by atoms with E-state index in [0.717, 1.165) is 11.0 Å². The number of imidazole rings is 1. The smallest absolute Gasteiger partial charge is 0.331 e. The van der Waals surface area contributed by atoms with Crippen molar-refractivity contribution in [2.75, 3.05) is 12.4 Å². The minimum absolute atomic E-state index is 0.212. The Morgan fingerprint density at radius 3 is 2.89 bits per heavy atom. The quantitative estimate of drug-likeness (QED) is 0.754. The number of rotatable bonds is 2. The van der Waals surface area contributed by atoms with Crippen LogP contribution in [-0.4, -0.2) is 21.6 Å². The summed E-state index contributed by atoms with van der Waals surface area (Å²) >= 11 is 6.10. The first-order valence-electron chi connectivity index (χ1n) is 5.74. The molecule has 3 rings (SSSR count). The number of benzene rings is 1. The van der Waals surface area contributed by atoms with Crippen molar-refractivity contribution in [2.24, 2.45) is 0 Å². The van der Waals surface area contributed by atoms with Crippen LogP contribution >= 0.6 is 11.6 Å².